The predicted octanol–water partition coefficient (Wildman–Crippen LogP) is 5.39. The van der Waals surface area contributed by atoms with Gasteiger partial charge < -0.3 is 4.43 Å². The molecule has 0 amide bonds. The van der Waals surface area contributed by atoms with E-state index >= 15 is 0 Å². The second-order valence-electron chi connectivity index (χ2n) is 7.26. The quantitative estimate of drug-likeness (QED) is 0.539. The minimum Gasteiger partial charge on any atom is -0.549 e. The first-order valence-corrected chi connectivity index (χ1v) is 10.3. The largest absolute Gasteiger partial charge is 0.549 e. The van der Waals surface area contributed by atoms with E-state index in [2.05, 4.69) is 39.9 Å². The summed E-state index contributed by atoms with van der Waals surface area (Å²) < 4.78 is 6.02. The van der Waals surface area contributed by atoms with E-state index in [0.717, 1.165) is 5.56 Å². The molecule has 1 aromatic rings. The Labute approximate surface area is 130 Å². The lowest BCUT2D eigenvalue weighted by atomic mass is 9.81. The molecule has 21 heavy (non-hydrogen) atoms. The Morgan fingerprint density at radius 2 is 1.71 bits per heavy atom. The van der Waals surface area contributed by atoms with Crippen LogP contribution in [0, 0.1) is 11.3 Å². The molecule has 0 aromatic heterocycles. The third-order valence-electron chi connectivity index (χ3n) is 4.45. The first-order chi connectivity index (χ1) is 9.62. The lowest BCUT2D eigenvalue weighted by Crippen LogP contribution is -2.39. The lowest BCUT2D eigenvalue weighted by Gasteiger charge is -2.35. The maximum absolute atomic E-state index is 9.51. The predicted molar refractivity (Wildman–Crippen MR) is 91.4 cm³/mol. The number of hydrogen-bond acceptors (Lipinski definition) is 2. The number of allylic oxidation sites excluding steroid dienone is 1. The normalized spacial score (nSPS) is 15.5. The van der Waals surface area contributed by atoms with E-state index in [1.54, 1.807) is 6.26 Å². The summed E-state index contributed by atoms with van der Waals surface area (Å²) in [6.45, 7) is 13.1. The van der Waals surface area contributed by atoms with Gasteiger partial charge in [0, 0.05) is 0 Å². The number of nitrogens with zero attached hydrogens (tertiary/aromatic N) is 1. The molecular formula is C18H27NOSi. The maximum Gasteiger partial charge on any atom is 0.249 e. The van der Waals surface area contributed by atoms with Crippen LogP contribution in [0.2, 0.25) is 18.1 Å². The van der Waals surface area contributed by atoms with Crippen LogP contribution in [-0.2, 0) is 9.84 Å². The van der Waals surface area contributed by atoms with Crippen LogP contribution in [0.4, 0.5) is 0 Å². The van der Waals surface area contributed by atoms with Crippen molar-refractivity contribution >= 4 is 8.32 Å². The minimum atomic E-state index is -1.76. The van der Waals surface area contributed by atoms with Crippen molar-refractivity contribution in [2.75, 3.05) is 0 Å². The van der Waals surface area contributed by atoms with Gasteiger partial charge in [-0.05, 0) is 43.1 Å². The van der Waals surface area contributed by atoms with E-state index < -0.39 is 13.7 Å². The van der Waals surface area contributed by atoms with Crippen molar-refractivity contribution in [3.63, 3.8) is 0 Å². The van der Waals surface area contributed by atoms with E-state index in [-0.39, 0.29) is 5.04 Å². The Kier molecular flexibility index (Phi) is 5.41. The van der Waals surface area contributed by atoms with Crippen LogP contribution in [0.5, 0.6) is 0 Å². The van der Waals surface area contributed by atoms with E-state index in [9.17, 15) is 5.26 Å². The molecule has 1 rings (SSSR count). The number of nitriles is 1. The molecule has 0 spiro atoms. The van der Waals surface area contributed by atoms with Crippen molar-refractivity contribution in [2.24, 2.45) is 0 Å². The average Bonchev–Trinajstić information content (AvgIpc) is 2.43. The fraction of sp³-hybridized carbons (Fsp3) is 0.500. The van der Waals surface area contributed by atoms with Crippen LogP contribution in [0.25, 0.3) is 0 Å². The highest BCUT2D eigenvalue weighted by Crippen LogP contribution is 2.36. The Bertz CT molecular complexity index is 522. The van der Waals surface area contributed by atoms with E-state index in [4.69, 9.17) is 4.43 Å². The van der Waals surface area contributed by atoms with Gasteiger partial charge in [-0.1, -0.05) is 51.1 Å². The van der Waals surface area contributed by atoms with Crippen LogP contribution < -0.4 is 0 Å². The van der Waals surface area contributed by atoms with Crippen molar-refractivity contribution in [1.82, 2.24) is 0 Å². The molecule has 3 heteroatoms. The topological polar surface area (TPSA) is 33.0 Å². The lowest BCUT2D eigenvalue weighted by molar-refractivity contribution is 0.426. The van der Waals surface area contributed by atoms with Crippen LogP contribution in [0.1, 0.15) is 39.7 Å². The van der Waals surface area contributed by atoms with Gasteiger partial charge in [-0.3, -0.25) is 0 Å². The monoisotopic (exact) mass is 301 g/mol. The molecule has 0 N–H and O–H groups in total. The summed E-state index contributed by atoms with van der Waals surface area (Å²) in [6, 6.07) is 12.4. The van der Waals surface area contributed by atoms with Gasteiger partial charge in [-0.2, -0.15) is 5.26 Å². The summed E-state index contributed by atoms with van der Waals surface area (Å²) in [4.78, 5) is 0. The average molecular weight is 302 g/mol. The molecule has 0 aliphatic heterocycles. The smallest absolute Gasteiger partial charge is 0.249 e. The van der Waals surface area contributed by atoms with Gasteiger partial charge in [-0.15, -0.1) is 0 Å². The summed E-state index contributed by atoms with van der Waals surface area (Å²) in [5.41, 5.74) is 0.540. The van der Waals surface area contributed by atoms with Gasteiger partial charge >= 0.3 is 0 Å². The molecule has 0 saturated heterocycles. The van der Waals surface area contributed by atoms with Crippen LogP contribution in [0.15, 0.2) is 42.7 Å². The second kappa shape index (κ2) is 6.49. The molecule has 0 aliphatic rings. The number of rotatable bonds is 5. The molecule has 114 valence electrons. The third-order valence-corrected chi connectivity index (χ3v) is 8.79. The molecule has 0 heterocycles. The molecular weight excluding hydrogens is 274 g/mol. The number of benzene rings is 1. The zero-order chi connectivity index (χ0) is 16.1. The highest BCUT2D eigenvalue weighted by Gasteiger charge is 2.38. The molecule has 0 aliphatic carbocycles. The maximum atomic E-state index is 9.51. The summed E-state index contributed by atoms with van der Waals surface area (Å²) in [7, 11) is -1.76. The molecule has 1 aromatic carbocycles. The van der Waals surface area contributed by atoms with E-state index in [1.807, 2.05) is 43.3 Å². The van der Waals surface area contributed by atoms with Crippen molar-refractivity contribution in [3.05, 3.63) is 48.2 Å². The Morgan fingerprint density at radius 1 is 1.14 bits per heavy atom. The summed E-state index contributed by atoms with van der Waals surface area (Å²) in [5.74, 6) is 0. The summed E-state index contributed by atoms with van der Waals surface area (Å²) in [5, 5.41) is 9.70. The molecule has 0 radical (unpaired) electrons. The SMILES string of the molecule is CC(C#N)(C/C=C/O[Si](C)(C)C(C)(C)C)c1ccccc1. The Balaban J connectivity index is 2.74. The van der Waals surface area contributed by atoms with Crippen LogP contribution in [-0.4, -0.2) is 8.32 Å². The van der Waals surface area contributed by atoms with Gasteiger partial charge in [0.15, 0.2) is 0 Å². The molecule has 0 bridgehead atoms. The van der Waals surface area contributed by atoms with Crippen LogP contribution >= 0.6 is 0 Å². The van der Waals surface area contributed by atoms with Crippen molar-refractivity contribution in [2.45, 2.75) is 57.7 Å². The zero-order valence-electron chi connectivity index (χ0n) is 14.1. The molecule has 1 atom stereocenters. The minimum absolute atomic E-state index is 0.190. The highest BCUT2D eigenvalue weighted by molar-refractivity contribution is 6.74. The van der Waals surface area contributed by atoms with Crippen molar-refractivity contribution in [3.8, 4) is 6.07 Å². The van der Waals surface area contributed by atoms with Gasteiger partial charge in [0.25, 0.3) is 0 Å². The standard InChI is InChI=1S/C18H27NOSi/c1-17(2,3)21(5,6)20-14-10-13-18(4,15-19)16-11-8-7-9-12-16/h7-12,14H,13H2,1-6H3/b14-10+. The first kappa shape index (κ1) is 17.5. The van der Waals surface area contributed by atoms with Gasteiger partial charge in [0.2, 0.25) is 8.32 Å². The fourth-order valence-corrected chi connectivity index (χ4v) is 2.50. The van der Waals surface area contributed by atoms with Crippen molar-refractivity contribution < 1.29 is 4.43 Å². The number of hydrogen-bond donors (Lipinski definition) is 0. The van der Waals surface area contributed by atoms with Gasteiger partial charge in [0.1, 0.15) is 0 Å². The summed E-state index contributed by atoms with van der Waals surface area (Å²) >= 11 is 0. The molecule has 0 saturated carbocycles. The molecule has 2 nitrogen and oxygen atoms in total. The second-order valence-corrected chi connectivity index (χ2v) is 12.0. The van der Waals surface area contributed by atoms with Crippen molar-refractivity contribution in [1.29, 1.82) is 5.26 Å². The zero-order valence-corrected chi connectivity index (χ0v) is 15.1. The van der Waals surface area contributed by atoms with Gasteiger partial charge in [-0.25, -0.2) is 0 Å². The molecule has 1 unspecified atom stereocenters. The van der Waals surface area contributed by atoms with E-state index in [0.29, 0.717) is 6.42 Å². The molecule has 0 fully saturated rings. The van der Waals surface area contributed by atoms with Gasteiger partial charge in [0.05, 0.1) is 17.7 Å². The Hall–Kier alpha value is -1.53. The van der Waals surface area contributed by atoms with Crippen LogP contribution in [0.3, 0.4) is 0 Å². The summed E-state index contributed by atoms with van der Waals surface area (Å²) in [6.07, 6.45) is 4.44. The third kappa shape index (κ3) is 4.47. The van der Waals surface area contributed by atoms with E-state index in [1.165, 1.54) is 0 Å². The first-order valence-electron chi connectivity index (χ1n) is 7.42. The highest BCUT2D eigenvalue weighted by atomic mass is 28.4. The fourth-order valence-electron chi connectivity index (χ4n) is 1.71. The Morgan fingerprint density at radius 3 is 2.19 bits per heavy atom.